The van der Waals surface area contributed by atoms with E-state index in [1.165, 1.54) is 28.9 Å². The van der Waals surface area contributed by atoms with Gasteiger partial charge in [0.25, 0.3) is 5.91 Å². The van der Waals surface area contributed by atoms with Gasteiger partial charge >= 0.3 is 5.97 Å². The van der Waals surface area contributed by atoms with Crippen LogP contribution in [0.3, 0.4) is 0 Å². The van der Waals surface area contributed by atoms with Crippen LogP contribution < -0.4 is 5.32 Å². The summed E-state index contributed by atoms with van der Waals surface area (Å²) in [4.78, 5) is 23.9. The molecule has 1 aromatic heterocycles. The van der Waals surface area contributed by atoms with Crippen molar-refractivity contribution in [1.29, 1.82) is 0 Å². The molecule has 144 valence electrons. The fourth-order valence-electron chi connectivity index (χ4n) is 2.92. The number of carboxylic acid groups (broad SMARTS) is 1. The predicted octanol–water partition coefficient (Wildman–Crippen LogP) is 2.97. The summed E-state index contributed by atoms with van der Waals surface area (Å²) in [6.07, 6.45) is -0.385. The molecule has 1 unspecified atom stereocenters. The zero-order valence-electron chi connectivity index (χ0n) is 15.0. The predicted molar refractivity (Wildman–Crippen MR) is 98.8 cm³/mol. The van der Waals surface area contributed by atoms with Gasteiger partial charge < -0.3 is 15.5 Å². The van der Waals surface area contributed by atoms with Gasteiger partial charge in [0.2, 0.25) is 5.88 Å². The number of carbonyl (C=O) groups excluding carboxylic acids is 1. The SMILES string of the molecule is Cc1cc(F)ccc1C(CC(=O)O)NC(=O)c1cc(O)n(-c2ccccc2)n1. The maximum Gasteiger partial charge on any atom is 0.305 e. The first-order valence-corrected chi connectivity index (χ1v) is 8.48. The number of aryl methyl sites for hydroxylation is 1. The Labute approximate surface area is 160 Å². The number of nitrogens with zero attached hydrogens (tertiary/aromatic N) is 2. The molecule has 0 radical (unpaired) electrons. The number of carbonyl (C=O) groups is 2. The number of rotatable bonds is 6. The van der Waals surface area contributed by atoms with Gasteiger partial charge in [0.15, 0.2) is 5.69 Å². The Morgan fingerprint density at radius 1 is 1.18 bits per heavy atom. The Balaban J connectivity index is 1.87. The van der Waals surface area contributed by atoms with Crippen LogP contribution in [0.2, 0.25) is 0 Å². The van der Waals surface area contributed by atoms with E-state index in [1.54, 1.807) is 37.3 Å². The second-order valence-corrected chi connectivity index (χ2v) is 6.26. The molecule has 0 bridgehead atoms. The molecule has 0 aliphatic heterocycles. The number of hydrogen-bond donors (Lipinski definition) is 3. The van der Waals surface area contributed by atoms with Crippen molar-refractivity contribution >= 4 is 11.9 Å². The minimum atomic E-state index is -1.12. The van der Waals surface area contributed by atoms with Gasteiger partial charge in [-0.3, -0.25) is 9.59 Å². The Morgan fingerprint density at radius 3 is 2.54 bits per heavy atom. The van der Waals surface area contributed by atoms with Crippen molar-refractivity contribution in [3.05, 3.63) is 77.2 Å². The molecule has 7 nitrogen and oxygen atoms in total. The highest BCUT2D eigenvalue weighted by atomic mass is 19.1. The van der Waals surface area contributed by atoms with E-state index in [-0.39, 0.29) is 18.0 Å². The zero-order chi connectivity index (χ0) is 20.3. The number of benzene rings is 2. The normalized spacial score (nSPS) is 11.8. The van der Waals surface area contributed by atoms with E-state index in [2.05, 4.69) is 10.4 Å². The molecule has 3 N–H and O–H groups in total. The molecular formula is C20H18FN3O4. The number of aliphatic carboxylic acids is 1. The van der Waals surface area contributed by atoms with E-state index in [1.807, 2.05) is 0 Å². The molecule has 3 rings (SSSR count). The van der Waals surface area contributed by atoms with Crippen molar-refractivity contribution in [2.24, 2.45) is 0 Å². The van der Waals surface area contributed by atoms with Crippen molar-refractivity contribution in [3.63, 3.8) is 0 Å². The van der Waals surface area contributed by atoms with Crippen molar-refractivity contribution < 1.29 is 24.2 Å². The number of hydrogen-bond acceptors (Lipinski definition) is 4. The third-order valence-corrected chi connectivity index (χ3v) is 4.22. The lowest BCUT2D eigenvalue weighted by Crippen LogP contribution is -2.31. The molecule has 8 heteroatoms. The zero-order valence-corrected chi connectivity index (χ0v) is 15.0. The first-order valence-electron chi connectivity index (χ1n) is 8.48. The highest BCUT2D eigenvalue weighted by Crippen LogP contribution is 2.23. The smallest absolute Gasteiger partial charge is 0.305 e. The number of nitrogens with one attached hydrogen (secondary N) is 1. The van der Waals surface area contributed by atoms with Crippen LogP contribution in [0.15, 0.2) is 54.6 Å². The quantitative estimate of drug-likeness (QED) is 0.607. The van der Waals surface area contributed by atoms with E-state index in [0.29, 0.717) is 16.8 Å². The Kier molecular flexibility index (Phi) is 5.39. The summed E-state index contributed by atoms with van der Waals surface area (Å²) in [6, 6.07) is 13.0. The summed E-state index contributed by atoms with van der Waals surface area (Å²) in [5.41, 5.74) is 1.50. The number of halogens is 1. The highest BCUT2D eigenvalue weighted by molar-refractivity contribution is 5.93. The topological polar surface area (TPSA) is 104 Å². The molecule has 2 aromatic carbocycles. The van der Waals surface area contributed by atoms with Gasteiger partial charge in [-0.1, -0.05) is 24.3 Å². The fraction of sp³-hybridized carbons (Fsp3) is 0.150. The van der Waals surface area contributed by atoms with E-state index in [9.17, 15) is 24.2 Å². The summed E-state index contributed by atoms with van der Waals surface area (Å²) in [5, 5.41) is 26.0. The Hall–Kier alpha value is -3.68. The second-order valence-electron chi connectivity index (χ2n) is 6.26. The van der Waals surface area contributed by atoms with Crippen molar-refractivity contribution in [2.45, 2.75) is 19.4 Å². The molecule has 1 amide bonds. The van der Waals surface area contributed by atoms with E-state index >= 15 is 0 Å². The average molecular weight is 383 g/mol. The van der Waals surface area contributed by atoms with Crippen molar-refractivity contribution in [2.75, 3.05) is 0 Å². The van der Waals surface area contributed by atoms with Gasteiger partial charge in [-0.2, -0.15) is 5.10 Å². The van der Waals surface area contributed by atoms with Crippen LogP contribution in [-0.2, 0) is 4.79 Å². The number of para-hydroxylation sites is 1. The summed E-state index contributed by atoms with van der Waals surface area (Å²) < 4.78 is 14.6. The van der Waals surface area contributed by atoms with Crippen LogP contribution in [0.1, 0.15) is 34.1 Å². The maximum absolute atomic E-state index is 13.4. The summed E-state index contributed by atoms with van der Waals surface area (Å²) in [5.74, 6) is -2.45. The molecule has 1 atom stereocenters. The Bertz CT molecular complexity index is 1020. The lowest BCUT2D eigenvalue weighted by molar-refractivity contribution is -0.137. The first-order chi connectivity index (χ1) is 13.3. The largest absolute Gasteiger partial charge is 0.493 e. The number of amides is 1. The fourth-order valence-corrected chi connectivity index (χ4v) is 2.92. The molecule has 0 aliphatic carbocycles. The van der Waals surface area contributed by atoms with E-state index in [4.69, 9.17) is 0 Å². The van der Waals surface area contributed by atoms with Gasteiger partial charge in [0.05, 0.1) is 18.2 Å². The minimum absolute atomic E-state index is 0.0727. The lowest BCUT2D eigenvalue weighted by Gasteiger charge is -2.19. The van der Waals surface area contributed by atoms with Crippen molar-refractivity contribution in [1.82, 2.24) is 15.1 Å². The molecule has 3 aromatic rings. The molecule has 0 saturated heterocycles. The Morgan fingerprint density at radius 2 is 1.89 bits per heavy atom. The highest BCUT2D eigenvalue weighted by Gasteiger charge is 2.23. The second kappa shape index (κ2) is 7.91. The number of aromatic hydroxyl groups is 1. The van der Waals surface area contributed by atoms with Crippen LogP contribution in [0.25, 0.3) is 5.69 Å². The molecule has 0 aliphatic rings. The lowest BCUT2D eigenvalue weighted by atomic mass is 9.98. The number of aromatic nitrogens is 2. The third-order valence-electron chi connectivity index (χ3n) is 4.22. The standard InChI is InChI=1S/C20H18FN3O4/c1-12-9-13(21)7-8-15(12)16(11-19(26)27)22-20(28)17-10-18(25)24(23-17)14-5-3-2-4-6-14/h2-10,16,25H,11H2,1H3,(H,22,28)(H,26,27). The van der Waals surface area contributed by atoms with Gasteiger partial charge in [-0.05, 0) is 42.3 Å². The van der Waals surface area contributed by atoms with Crippen LogP contribution in [0.5, 0.6) is 5.88 Å². The molecule has 0 spiro atoms. The monoisotopic (exact) mass is 383 g/mol. The molecule has 0 fully saturated rings. The van der Waals surface area contributed by atoms with Gasteiger partial charge in [0.1, 0.15) is 5.82 Å². The average Bonchev–Trinajstić information content (AvgIpc) is 3.03. The van der Waals surface area contributed by atoms with Crippen molar-refractivity contribution in [3.8, 4) is 11.6 Å². The minimum Gasteiger partial charge on any atom is -0.493 e. The maximum atomic E-state index is 13.4. The summed E-state index contributed by atoms with van der Waals surface area (Å²) >= 11 is 0. The van der Waals surface area contributed by atoms with Crippen LogP contribution in [0, 0.1) is 12.7 Å². The summed E-state index contributed by atoms with van der Waals surface area (Å²) in [7, 11) is 0. The van der Waals surface area contributed by atoms with E-state index < -0.39 is 23.7 Å². The first kappa shape index (κ1) is 19.1. The number of carboxylic acids is 1. The van der Waals surface area contributed by atoms with Gasteiger partial charge in [-0.15, -0.1) is 0 Å². The molecular weight excluding hydrogens is 365 g/mol. The van der Waals surface area contributed by atoms with E-state index in [0.717, 1.165) is 0 Å². The van der Waals surface area contributed by atoms with Gasteiger partial charge in [0, 0.05) is 6.07 Å². The molecule has 1 heterocycles. The third kappa shape index (κ3) is 4.17. The molecule has 0 saturated carbocycles. The van der Waals surface area contributed by atoms with Crippen LogP contribution >= 0.6 is 0 Å². The van der Waals surface area contributed by atoms with Gasteiger partial charge in [-0.25, -0.2) is 9.07 Å². The van der Waals surface area contributed by atoms with Crippen LogP contribution in [-0.4, -0.2) is 31.9 Å². The molecule has 28 heavy (non-hydrogen) atoms. The van der Waals surface area contributed by atoms with Crippen LogP contribution in [0.4, 0.5) is 4.39 Å². The summed E-state index contributed by atoms with van der Waals surface area (Å²) in [6.45, 7) is 1.63.